The number of nitrogens with zero attached hydrogens (tertiary/aromatic N) is 2. The van der Waals surface area contributed by atoms with E-state index in [2.05, 4.69) is 12.1 Å². The van der Waals surface area contributed by atoms with Crippen LogP contribution in [0.5, 0.6) is 0 Å². The molecule has 3 nitrogen and oxygen atoms in total. The highest BCUT2D eigenvalue weighted by atomic mass is 16.7. The summed E-state index contributed by atoms with van der Waals surface area (Å²) >= 11 is 0. The van der Waals surface area contributed by atoms with Crippen molar-refractivity contribution in [2.75, 3.05) is 6.54 Å². The van der Waals surface area contributed by atoms with Crippen molar-refractivity contribution in [2.24, 2.45) is 0 Å². The zero-order chi connectivity index (χ0) is 13.8. The van der Waals surface area contributed by atoms with E-state index in [1.807, 2.05) is 48.5 Å². The fourth-order valence-electron chi connectivity index (χ4n) is 2.55. The Balaban J connectivity index is 1.74. The fraction of sp³-hybridized carbons (Fsp3) is 0.235. The predicted octanol–water partition coefficient (Wildman–Crippen LogP) is 3.24. The van der Waals surface area contributed by atoms with Crippen LogP contribution in [0.2, 0.25) is 0 Å². The van der Waals surface area contributed by atoms with Crippen LogP contribution in [0.1, 0.15) is 22.7 Å². The number of hydrogen-bond donors (Lipinski definition) is 0. The van der Waals surface area contributed by atoms with E-state index in [4.69, 9.17) is 4.84 Å². The molecule has 0 saturated heterocycles. The van der Waals surface area contributed by atoms with Crippen LogP contribution in [0.15, 0.2) is 54.6 Å². The molecular weight excluding hydrogens is 248 g/mol. The van der Waals surface area contributed by atoms with Gasteiger partial charge in [0.2, 0.25) is 0 Å². The van der Waals surface area contributed by atoms with Crippen molar-refractivity contribution < 1.29 is 4.84 Å². The SMILES string of the molecule is N#CC1c2ccccc2CCN1OCc1ccccc1. The van der Waals surface area contributed by atoms with Crippen LogP contribution in [0.4, 0.5) is 0 Å². The molecule has 0 spiro atoms. The Hall–Kier alpha value is -2.15. The summed E-state index contributed by atoms with van der Waals surface area (Å²) in [5.41, 5.74) is 3.43. The van der Waals surface area contributed by atoms with Gasteiger partial charge >= 0.3 is 0 Å². The van der Waals surface area contributed by atoms with Crippen molar-refractivity contribution in [3.05, 3.63) is 71.3 Å². The second-order valence-electron chi connectivity index (χ2n) is 4.88. The van der Waals surface area contributed by atoms with Crippen LogP contribution in [-0.2, 0) is 17.9 Å². The maximum atomic E-state index is 9.43. The molecule has 3 heteroatoms. The lowest BCUT2D eigenvalue weighted by Gasteiger charge is -2.32. The molecular formula is C17H16N2O. The molecule has 0 aliphatic carbocycles. The van der Waals surface area contributed by atoms with Gasteiger partial charge in [-0.2, -0.15) is 10.3 Å². The maximum absolute atomic E-state index is 9.43. The molecule has 3 rings (SSSR count). The number of nitriles is 1. The molecule has 20 heavy (non-hydrogen) atoms. The van der Waals surface area contributed by atoms with E-state index in [0.717, 1.165) is 24.1 Å². The van der Waals surface area contributed by atoms with E-state index in [-0.39, 0.29) is 6.04 Å². The zero-order valence-electron chi connectivity index (χ0n) is 11.2. The largest absolute Gasteiger partial charge is 0.293 e. The number of hydroxylamine groups is 2. The van der Waals surface area contributed by atoms with Gasteiger partial charge in [-0.3, -0.25) is 4.84 Å². The molecule has 1 atom stereocenters. The molecule has 0 saturated carbocycles. The van der Waals surface area contributed by atoms with Crippen LogP contribution < -0.4 is 0 Å². The van der Waals surface area contributed by atoms with E-state index >= 15 is 0 Å². The Labute approximate surface area is 119 Å². The van der Waals surface area contributed by atoms with E-state index in [9.17, 15) is 5.26 Å². The van der Waals surface area contributed by atoms with E-state index < -0.39 is 0 Å². The number of rotatable bonds is 3. The second-order valence-corrected chi connectivity index (χ2v) is 4.88. The van der Waals surface area contributed by atoms with Crippen LogP contribution in [0.25, 0.3) is 0 Å². The molecule has 1 unspecified atom stereocenters. The lowest BCUT2D eigenvalue weighted by Crippen LogP contribution is -2.34. The molecule has 100 valence electrons. The van der Waals surface area contributed by atoms with Crippen molar-refractivity contribution in [3.63, 3.8) is 0 Å². The first-order chi connectivity index (χ1) is 9.88. The third kappa shape index (κ3) is 2.57. The minimum atomic E-state index is -0.316. The summed E-state index contributed by atoms with van der Waals surface area (Å²) < 4.78 is 0. The summed E-state index contributed by atoms with van der Waals surface area (Å²) in [6, 6.07) is 20.2. The third-order valence-electron chi connectivity index (χ3n) is 3.60. The van der Waals surface area contributed by atoms with E-state index in [1.165, 1.54) is 5.56 Å². The Morgan fingerprint density at radius 1 is 1.10 bits per heavy atom. The zero-order valence-corrected chi connectivity index (χ0v) is 11.2. The van der Waals surface area contributed by atoms with Gasteiger partial charge in [0.1, 0.15) is 6.04 Å². The van der Waals surface area contributed by atoms with E-state index in [0.29, 0.717) is 6.61 Å². The summed E-state index contributed by atoms with van der Waals surface area (Å²) in [6.45, 7) is 1.25. The minimum absolute atomic E-state index is 0.316. The molecule has 0 aromatic heterocycles. The maximum Gasteiger partial charge on any atom is 0.147 e. The highest BCUT2D eigenvalue weighted by Crippen LogP contribution is 2.29. The Kier molecular flexibility index (Phi) is 3.78. The molecule has 2 aromatic rings. The number of fused-ring (bicyclic) bond motifs is 1. The molecule has 0 bridgehead atoms. The van der Waals surface area contributed by atoms with Gasteiger partial charge in [-0.15, -0.1) is 0 Å². The van der Waals surface area contributed by atoms with Gasteiger partial charge in [-0.05, 0) is 23.1 Å². The Bertz CT molecular complexity index is 618. The fourth-order valence-corrected chi connectivity index (χ4v) is 2.55. The predicted molar refractivity (Wildman–Crippen MR) is 76.4 cm³/mol. The van der Waals surface area contributed by atoms with Gasteiger partial charge in [-0.1, -0.05) is 54.6 Å². The smallest absolute Gasteiger partial charge is 0.147 e. The monoisotopic (exact) mass is 264 g/mol. The minimum Gasteiger partial charge on any atom is -0.293 e. The first kappa shape index (κ1) is 12.9. The molecule has 2 aromatic carbocycles. The van der Waals surface area contributed by atoms with Crippen LogP contribution in [-0.4, -0.2) is 11.6 Å². The van der Waals surface area contributed by atoms with Gasteiger partial charge in [-0.25, -0.2) is 0 Å². The van der Waals surface area contributed by atoms with Crippen LogP contribution >= 0.6 is 0 Å². The van der Waals surface area contributed by atoms with Crippen molar-refractivity contribution in [1.29, 1.82) is 5.26 Å². The molecule has 1 aliphatic heterocycles. The van der Waals surface area contributed by atoms with Crippen LogP contribution in [0, 0.1) is 11.3 Å². The first-order valence-corrected chi connectivity index (χ1v) is 6.79. The van der Waals surface area contributed by atoms with Crippen molar-refractivity contribution in [2.45, 2.75) is 19.1 Å². The summed E-state index contributed by atoms with van der Waals surface area (Å²) in [4.78, 5) is 5.84. The Morgan fingerprint density at radius 2 is 1.85 bits per heavy atom. The van der Waals surface area contributed by atoms with Crippen molar-refractivity contribution >= 4 is 0 Å². The molecule has 1 aliphatic rings. The summed E-state index contributed by atoms with van der Waals surface area (Å²) in [5, 5.41) is 11.2. The topological polar surface area (TPSA) is 36.3 Å². The third-order valence-corrected chi connectivity index (χ3v) is 3.60. The summed E-state index contributed by atoms with van der Waals surface area (Å²) in [5.74, 6) is 0. The lowest BCUT2D eigenvalue weighted by molar-refractivity contribution is -0.190. The van der Waals surface area contributed by atoms with Gasteiger partial charge in [0.25, 0.3) is 0 Å². The summed E-state index contributed by atoms with van der Waals surface area (Å²) in [6.07, 6.45) is 0.920. The number of benzene rings is 2. The second kappa shape index (κ2) is 5.87. The van der Waals surface area contributed by atoms with Crippen molar-refractivity contribution in [3.8, 4) is 6.07 Å². The summed E-state index contributed by atoms with van der Waals surface area (Å²) in [7, 11) is 0. The highest BCUT2D eigenvalue weighted by molar-refractivity contribution is 5.35. The molecule has 1 heterocycles. The normalized spacial score (nSPS) is 18.2. The number of hydrogen-bond acceptors (Lipinski definition) is 3. The lowest BCUT2D eigenvalue weighted by atomic mass is 9.95. The van der Waals surface area contributed by atoms with Crippen LogP contribution in [0.3, 0.4) is 0 Å². The molecule has 0 amide bonds. The average molecular weight is 264 g/mol. The quantitative estimate of drug-likeness (QED) is 0.854. The van der Waals surface area contributed by atoms with Gasteiger partial charge in [0.05, 0.1) is 12.7 Å². The van der Waals surface area contributed by atoms with Gasteiger partial charge < -0.3 is 0 Å². The molecule has 0 N–H and O–H groups in total. The Morgan fingerprint density at radius 3 is 2.65 bits per heavy atom. The van der Waals surface area contributed by atoms with Gasteiger partial charge in [0.15, 0.2) is 0 Å². The standard InChI is InChI=1S/C17H16N2O/c18-12-17-16-9-5-4-8-15(16)10-11-19(17)20-13-14-6-2-1-3-7-14/h1-9,17H,10-11,13H2. The van der Waals surface area contributed by atoms with E-state index in [1.54, 1.807) is 5.06 Å². The molecule has 0 radical (unpaired) electrons. The highest BCUT2D eigenvalue weighted by Gasteiger charge is 2.27. The first-order valence-electron chi connectivity index (χ1n) is 6.79. The van der Waals surface area contributed by atoms with Crippen molar-refractivity contribution in [1.82, 2.24) is 5.06 Å². The molecule has 0 fully saturated rings. The van der Waals surface area contributed by atoms with Gasteiger partial charge in [0, 0.05) is 6.54 Å². The average Bonchev–Trinajstić information content (AvgIpc) is 2.53.